The number of nitrogens with zero attached hydrogens (tertiary/aromatic N) is 4. The molecule has 0 fully saturated rings. The molecular formula is C12H10FN5O. The lowest BCUT2D eigenvalue weighted by molar-refractivity contribution is 0.414. The number of rotatable bonds is 2. The number of hydrogen-bond acceptors (Lipinski definition) is 5. The van der Waals surface area contributed by atoms with Crippen LogP contribution in [-0.4, -0.2) is 19.6 Å². The number of anilines is 1. The Hall–Kier alpha value is -2.70. The van der Waals surface area contributed by atoms with Crippen molar-refractivity contribution < 1.29 is 9.13 Å². The SMILES string of the molecule is Cc1cc(Oc2ccc(N)cc2F)n2ncnc2n1. The molecule has 3 aromatic rings. The average Bonchev–Trinajstić information content (AvgIpc) is 2.80. The van der Waals surface area contributed by atoms with Crippen LogP contribution in [0.2, 0.25) is 0 Å². The van der Waals surface area contributed by atoms with Crippen LogP contribution >= 0.6 is 0 Å². The maximum atomic E-state index is 13.7. The van der Waals surface area contributed by atoms with E-state index in [2.05, 4.69) is 15.1 Å². The maximum Gasteiger partial charge on any atom is 0.255 e. The van der Waals surface area contributed by atoms with E-state index in [1.807, 2.05) is 0 Å². The summed E-state index contributed by atoms with van der Waals surface area (Å²) in [6.45, 7) is 1.79. The van der Waals surface area contributed by atoms with Gasteiger partial charge in [-0.1, -0.05) is 0 Å². The van der Waals surface area contributed by atoms with Gasteiger partial charge in [0.1, 0.15) is 6.33 Å². The topological polar surface area (TPSA) is 78.3 Å². The molecule has 0 unspecified atom stereocenters. The lowest BCUT2D eigenvalue weighted by Gasteiger charge is -2.08. The zero-order valence-electron chi connectivity index (χ0n) is 10.0. The van der Waals surface area contributed by atoms with E-state index in [9.17, 15) is 4.39 Å². The Kier molecular flexibility index (Phi) is 2.52. The van der Waals surface area contributed by atoms with Crippen molar-refractivity contribution in [2.45, 2.75) is 6.92 Å². The van der Waals surface area contributed by atoms with Crippen LogP contribution in [-0.2, 0) is 0 Å². The largest absolute Gasteiger partial charge is 0.436 e. The van der Waals surface area contributed by atoms with Crippen molar-refractivity contribution >= 4 is 11.5 Å². The van der Waals surface area contributed by atoms with Crippen LogP contribution in [0.5, 0.6) is 11.6 Å². The first-order valence-corrected chi connectivity index (χ1v) is 5.54. The minimum atomic E-state index is -0.539. The molecule has 0 amide bonds. The summed E-state index contributed by atoms with van der Waals surface area (Å²) in [6.07, 6.45) is 1.36. The van der Waals surface area contributed by atoms with Gasteiger partial charge in [-0.3, -0.25) is 0 Å². The molecule has 0 atom stereocenters. The number of ether oxygens (including phenoxy) is 1. The molecule has 0 spiro atoms. The summed E-state index contributed by atoms with van der Waals surface area (Å²) in [7, 11) is 0. The average molecular weight is 259 g/mol. The van der Waals surface area contributed by atoms with E-state index in [0.29, 0.717) is 23.0 Å². The number of aryl methyl sites for hydroxylation is 1. The molecule has 3 rings (SSSR count). The molecule has 7 heteroatoms. The zero-order valence-corrected chi connectivity index (χ0v) is 10.0. The van der Waals surface area contributed by atoms with Gasteiger partial charge in [-0.15, -0.1) is 0 Å². The Morgan fingerprint density at radius 3 is 2.95 bits per heavy atom. The van der Waals surface area contributed by atoms with Crippen LogP contribution in [0.1, 0.15) is 5.69 Å². The molecule has 19 heavy (non-hydrogen) atoms. The Labute approximate surface area is 107 Å². The fourth-order valence-corrected chi connectivity index (χ4v) is 1.68. The van der Waals surface area contributed by atoms with Gasteiger partial charge in [-0.2, -0.15) is 14.6 Å². The third-order valence-electron chi connectivity index (χ3n) is 2.52. The van der Waals surface area contributed by atoms with E-state index in [-0.39, 0.29) is 5.75 Å². The van der Waals surface area contributed by atoms with Gasteiger partial charge in [-0.05, 0) is 19.1 Å². The van der Waals surface area contributed by atoms with Crippen LogP contribution in [0.15, 0.2) is 30.6 Å². The van der Waals surface area contributed by atoms with Gasteiger partial charge >= 0.3 is 0 Å². The van der Waals surface area contributed by atoms with Crippen molar-refractivity contribution in [3.63, 3.8) is 0 Å². The van der Waals surface area contributed by atoms with E-state index in [1.165, 1.54) is 23.0 Å². The van der Waals surface area contributed by atoms with Crippen LogP contribution in [0, 0.1) is 12.7 Å². The highest BCUT2D eigenvalue weighted by Gasteiger charge is 2.10. The first kappa shape index (κ1) is 11.4. The van der Waals surface area contributed by atoms with Crippen LogP contribution in [0.25, 0.3) is 5.78 Å². The van der Waals surface area contributed by atoms with Gasteiger partial charge in [0.15, 0.2) is 11.6 Å². The first-order chi connectivity index (χ1) is 9.13. The third-order valence-corrected chi connectivity index (χ3v) is 2.52. The lowest BCUT2D eigenvalue weighted by atomic mass is 10.3. The summed E-state index contributed by atoms with van der Waals surface area (Å²) >= 11 is 0. The second-order valence-corrected chi connectivity index (χ2v) is 4.00. The fourth-order valence-electron chi connectivity index (χ4n) is 1.68. The number of aromatic nitrogens is 4. The molecule has 96 valence electrons. The van der Waals surface area contributed by atoms with E-state index in [0.717, 1.165) is 0 Å². The number of halogens is 1. The molecule has 2 N–H and O–H groups in total. The summed E-state index contributed by atoms with van der Waals surface area (Å²) in [4.78, 5) is 8.14. The van der Waals surface area contributed by atoms with Crippen molar-refractivity contribution in [3.05, 3.63) is 42.1 Å². The van der Waals surface area contributed by atoms with Crippen molar-refractivity contribution in [1.29, 1.82) is 0 Å². The van der Waals surface area contributed by atoms with Crippen molar-refractivity contribution in [2.24, 2.45) is 0 Å². The maximum absolute atomic E-state index is 13.7. The second-order valence-electron chi connectivity index (χ2n) is 4.00. The van der Waals surface area contributed by atoms with Gasteiger partial charge in [0.05, 0.1) is 0 Å². The smallest absolute Gasteiger partial charge is 0.255 e. The van der Waals surface area contributed by atoms with Gasteiger partial charge in [0, 0.05) is 23.5 Å². The minimum Gasteiger partial charge on any atom is -0.436 e. The Morgan fingerprint density at radius 2 is 2.16 bits per heavy atom. The molecule has 0 bridgehead atoms. The first-order valence-electron chi connectivity index (χ1n) is 5.54. The predicted octanol–water partition coefficient (Wildman–Crippen LogP) is 1.95. The predicted molar refractivity (Wildman–Crippen MR) is 66.4 cm³/mol. The van der Waals surface area contributed by atoms with Crippen molar-refractivity contribution in [3.8, 4) is 11.6 Å². The minimum absolute atomic E-state index is 0.0663. The molecule has 0 aliphatic rings. The number of hydrogen-bond donors (Lipinski definition) is 1. The molecule has 0 radical (unpaired) electrons. The highest BCUT2D eigenvalue weighted by Crippen LogP contribution is 2.26. The molecule has 2 heterocycles. The van der Waals surface area contributed by atoms with Crippen molar-refractivity contribution in [1.82, 2.24) is 19.6 Å². The summed E-state index contributed by atoms with van der Waals surface area (Å²) in [5.74, 6) is 0.258. The van der Waals surface area contributed by atoms with Crippen LogP contribution < -0.4 is 10.5 Å². The lowest BCUT2D eigenvalue weighted by Crippen LogP contribution is -2.00. The number of fused-ring (bicyclic) bond motifs is 1. The Bertz CT molecular complexity index is 755. The summed E-state index contributed by atoms with van der Waals surface area (Å²) < 4.78 is 20.6. The second kappa shape index (κ2) is 4.20. The van der Waals surface area contributed by atoms with E-state index >= 15 is 0 Å². The molecule has 6 nitrogen and oxygen atoms in total. The summed E-state index contributed by atoms with van der Waals surface area (Å²) in [5.41, 5.74) is 6.52. The molecule has 2 aromatic heterocycles. The molecule has 0 aliphatic carbocycles. The van der Waals surface area contributed by atoms with Gasteiger partial charge in [0.2, 0.25) is 5.88 Å². The summed E-state index contributed by atoms with van der Waals surface area (Å²) in [5, 5.41) is 3.97. The van der Waals surface area contributed by atoms with Crippen LogP contribution in [0.3, 0.4) is 0 Å². The molecular weight excluding hydrogens is 249 g/mol. The van der Waals surface area contributed by atoms with Gasteiger partial charge in [-0.25, -0.2) is 9.37 Å². The number of nitrogens with two attached hydrogens (primary N) is 1. The molecule has 1 aromatic carbocycles. The normalized spacial score (nSPS) is 10.8. The zero-order chi connectivity index (χ0) is 13.4. The molecule has 0 aliphatic heterocycles. The fraction of sp³-hybridized carbons (Fsp3) is 0.0833. The molecule has 0 saturated carbocycles. The van der Waals surface area contributed by atoms with E-state index in [1.54, 1.807) is 19.1 Å². The molecule has 0 saturated heterocycles. The Morgan fingerprint density at radius 1 is 1.32 bits per heavy atom. The van der Waals surface area contributed by atoms with Gasteiger partial charge in [0.25, 0.3) is 5.78 Å². The standard InChI is InChI=1S/C12H10FN5O/c1-7-4-11(18-12(17-7)15-6-16-18)19-10-3-2-8(14)5-9(10)13/h2-6H,14H2,1H3. The number of nitrogen functional groups attached to an aromatic ring is 1. The quantitative estimate of drug-likeness (QED) is 0.711. The van der Waals surface area contributed by atoms with Crippen LogP contribution in [0.4, 0.5) is 10.1 Å². The monoisotopic (exact) mass is 259 g/mol. The highest BCUT2D eigenvalue weighted by atomic mass is 19.1. The van der Waals surface area contributed by atoms with E-state index < -0.39 is 5.82 Å². The third kappa shape index (κ3) is 2.05. The Balaban J connectivity index is 2.07. The van der Waals surface area contributed by atoms with Gasteiger partial charge < -0.3 is 10.5 Å². The van der Waals surface area contributed by atoms with Crippen molar-refractivity contribution in [2.75, 3.05) is 5.73 Å². The number of benzene rings is 1. The summed E-state index contributed by atoms with van der Waals surface area (Å²) in [6, 6.07) is 5.87. The van der Waals surface area contributed by atoms with E-state index in [4.69, 9.17) is 10.5 Å². The highest BCUT2D eigenvalue weighted by molar-refractivity contribution is 5.44.